The first-order valence-electron chi connectivity index (χ1n) is 3.45. The van der Waals surface area contributed by atoms with Gasteiger partial charge in [0.25, 0.3) is 5.69 Å². The average molecular weight is 197 g/mol. The Bertz CT molecular complexity index is 384. The van der Waals surface area contributed by atoms with Crippen molar-refractivity contribution in [3.63, 3.8) is 0 Å². The van der Waals surface area contributed by atoms with E-state index in [1.165, 1.54) is 18.2 Å². The van der Waals surface area contributed by atoms with Crippen molar-refractivity contribution in [3.8, 4) is 6.07 Å². The average Bonchev–Trinajstić information content (AvgIpc) is 2.08. The molecule has 0 atom stereocenters. The topological polar surface area (TPSA) is 66.9 Å². The molecule has 4 nitrogen and oxygen atoms in total. The Balaban J connectivity index is 3.12. The van der Waals surface area contributed by atoms with Crippen LogP contribution in [0.15, 0.2) is 18.2 Å². The molecule has 0 bridgehead atoms. The number of nitriles is 1. The molecule has 0 spiro atoms. The molecular formula is C8H5ClN2O2. The van der Waals surface area contributed by atoms with Crippen LogP contribution in [0, 0.1) is 21.4 Å². The van der Waals surface area contributed by atoms with E-state index in [1.807, 2.05) is 6.07 Å². The summed E-state index contributed by atoms with van der Waals surface area (Å²) in [4.78, 5) is 9.83. The third-order valence-corrected chi connectivity index (χ3v) is 1.88. The molecule has 1 aromatic rings. The van der Waals surface area contributed by atoms with Gasteiger partial charge in [0.1, 0.15) is 0 Å². The van der Waals surface area contributed by atoms with Crippen LogP contribution in [-0.4, -0.2) is 4.92 Å². The van der Waals surface area contributed by atoms with Crippen molar-refractivity contribution in [2.24, 2.45) is 0 Å². The Labute approximate surface area is 79.5 Å². The van der Waals surface area contributed by atoms with Gasteiger partial charge in [0.05, 0.1) is 17.4 Å². The molecule has 0 amide bonds. The Morgan fingerprint density at radius 3 is 2.85 bits per heavy atom. The summed E-state index contributed by atoms with van der Waals surface area (Å²) in [7, 11) is 0. The molecule has 1 rings (SSSR count). The standard InChI is InChI=1S/C8H5ClN2O2/c9-8-2-1-7(11(12)13)5-6(8)3-4-10/h1-2,5H,3H2. The van der Waals surface area contributed by atoms with Crippen LogP contribution >= 0.6 is 11.6 Å². The minimum atomic E-state index is -0.517. The molecule has 0 aliphatic rings. The second-order valence-electron chi connectivity index (χ2n) is 2.37. The lowest BCUT2D eigenvalue weighted by atomic mass is 10.1. The quantitative estimate of drug-likeness (QED) is 0.539. The minimum absolute atomic E-state index is 0.0466. The molecule has 0 fully saturated rings. The van der Waals surface area contributed by atoms with Crippen LogP contribution in [0.2, 0.25) is 5.02 Å². The largest absolute Gasteiger partial charge is 0.269 e. The van der Waals surface area contributed by atoms with Gasteiger partial charge in [-0.25, -0.2) is 0 Å². The number of benzene rings is 1. The summed E-state index contributed by atoms with van der Waals surface area (Å²) >= 11 is 5.71. The highest BCUT2D eigenvalue weighted by Crippen LogP contribution is 2.21. The van der Waals surface area contributed by atoms with E-state index in [2.05, 4.69) is 0 Å². The highest BCUT2D eigenvalue weighted by atomic mass is 35.5. The fourth-order valence-electron chi connectivity index (χ4n) is 0.895. The maximum Gasteiger partial charge on any atom is 0.269 e. The molecule has 0 aliphatic heterocycles. The molecule has 0 N–H and O–H groups in total. The molecule has 0 radical (unpaired) electrons. The van der Waals surface area contributed by atoms with Gasteiger partial charge in [-0.05, 0) is 11.6 Å². The van der Waals surface area contributed by atoms with Gasteiger partial charge in [-0.3, -0.25) is 10.1 Å². The summed E-state index contributed by atoms with van der Waals surface area (Å²) < 4.78 is 0. The van der Waals surface area contributed by atoms with Crippen molar-refractivity contribution >= 4 is 17.3 Å². The first kappa shape index (κ1) is 9.49. The normalized spacial score (nSPS) is 9.23. The van der Waals surface area contributed by atoms with E-state index in [-0.39, 0.29) is 12.1 Å². The molecule has 0 saturated heterocycles. The number of halogens is 1. The van der Waals surface area contributed by atoms with Crippen molar-refractivity contribution in [1.82, 2.24) is 0 Å². The molecule has 1 aromatic carbocycles. The molecule has 66 valence electrons. The van der Waals surface area contributed by atoms with Crippen molar-refractivity contribution in [2.45, 2.75) is 6.42 Å². The molecule has 0 heterocycles. The van der Waals surface area contributed by atoms with Crippen LogP contribution in [-0.2, 0) is 6.42 Å². The van der Waals surface area contributed by atoms with Crippen molar-refractivity contribution < 1.29 is 4.92 Å². The molecule has 0 saturated carbocycles. The summed E-state index contributed by atoms with van der Waals surface area (Å²) in [6.07, 6.45) is 0.0838. The van der Waals surface area contributed by atoms with Gasteiger partial charge in [-0.1, -0.05) is 11.6 Å². The Morgan fingerprint density at radius 2 is 2.31 bits per heavy atom. The summed E-state index contributed by atoms with van der Waals surface area (Å²) in [6.45, 7) is 0. The van der Waals surface area contributed by atoms with Crippen LogP contribution in [0.4, 0.5) is 5.69 Å². The minimum Gasteiger partial charge on any atom is -0.258 e. The third kappa shape index (κ3) is 2.17. The van der Waals surface area contributed by atoms with E-state index in [1.54, 1.807) is 0 Å². The zero-order chi connectivity index (χ0) is 9.84. The highest BCUT2D eigenvalue weighted by molar-refractivity contribution is 6.31. The van der Waals surface area contributed by atoms with Crippen LogP contribution in [0.25, 0.3) is 0 Å². The maximum atomic E-state index is 10.3. The first-order chi connectivity index (χ1) is 6.15. The van der Waals surface area contributed by atoms with Gasteiger partial charge < -0.3 is 0 Å². The molecule has 13 heavy (non-hydrogen) atoms. The molecule has 0 aromatic heterocycles. The number of nitrogens with zero attached hydrogens (tertiary/aromatic N) is 2. The van der Waals surface area contributed by atoms with E-state index >= 15 is 0 Å². The van der Waals surface area contributed by atoms with Gasteiger partial charge >= 0.3 is 0 Å². The number of hydrogen-bond donors (Lipinski definition) is 0. The van der Waals surface area contributed by atoms with E-state index in [0.717, 1.165) is 0 Å². The summed E-state index contributed by atoms with van der Waals surface area (Å²) in [5, 5.41) is 19.1. The molecular weight excluding hydrogens is 192 g/mol. The van der Waals surface area contributed by atoms with Gasteiger partial charge in [0.2, 0.25) is 0 Å². The number of nitro benzene ring substituents is 1. The summed E-state index contributed by atoms with van der Waals surface area (Å²) in [5.74, 6) is 0. The van der Waals surface area contributed by atoms with Crippen molar-refractivity contribution in [3.05, 3.63) is 38.9 Å². The Morgan fingerprint density at radius 1 is 1.62 bits per heavy atom. The number of non-ortho nitro benzene ring substituents is 1. The second kappa shape index (κ2) is 3.87. The van der Waals surface area contributed by atoms with E-state index < -0.39 is 4.92 Å². The van der Waals surface area contributed by atoms with Gasteiger partial charge in [0, 0.05) is 17.2 Å². The van der Waals surface area contributed by atoms with E-state index in [4.69, 9.17) is 16.9 Å². The molecule has 5 heteroatoms. The van der Waals surface area contributed by atoms with Gasteiger partial charge in [-0.2, -0.15) is 5.26 Å². The predicted octanol–water partition coefficient (Wildman–Crippen LogP) is 2.31. The lowest BCUT2D eigenvalue weighted by Crippen LogP contribution is -1.90. The number of nitro groups is 1. The van der Waals surface area contributed by atoms with Crippen LogP contribution in [0.1, 0.15) is 5.56 Å². The van der Waals surface area contributed by atoms with Gasteiger partial charge in [0.15, 0.2) is 0 Å². The van der Waals surface area contributed by atoms with Crippen LogP contribution in [0.3, 0.4) is 0 Å². The first-order valence-corrected chi connectivity index (χ1v) is 3.82. The fourth-order valence-corrected chi connectivity index (χ4v) is 1.08. The zero-order valence-corrected chi connectivity index (χ0v) is 7.28. The van der Waals surface area contributed by atoms with Crippen molar-refractivity contribution in [2.75, 3.05) is 0 Å². The van der Waals surface area contributed by atoms with Gasteiger partial charge in [-0.15, -0.1) is 0 Å². The number of hydrogen-bond acceptors (Lipinski definition) is 3. The number of rotatable bonds is 2. The predicted molar refractivity (Wildman–Crippen MR) is 47.4 cm³/mol. The smallest absolute Gasteiger partial charge is 0.258 e. The van der Waals surface area contributed by atoms with E-state index in [9.17, 15) is 10.1 Å². The van der Waals surface area contributed by atoms with Crippen LogP contribution in [0.5, 0.6) is 0 Å². The second-order valence-corrected chi connectivity index (χ2v) is 2.77. The van der Waals surface area contributed by atoms with Crippen molar-refractivity contribution in [1.29, 1.82) is 5.26 Å². The lowest BCUT2D eigenvalue weighted by Gasteiger charge is -1.97. The molecule has 0 unspecified atom stereocenters. The Kier molecular flexibility index (Phi) is 2.83. The third-order valence-electron chi connectivity index (χ3n) is 1.51. The Hall–Kier alpha value is -1.60. The summed E-state index contributed by atoms with van der Waals surface area (Å²) in [5.41, 5.74) is 0.438. The highest BCUT2D eigenvalue weighted by Gasteiger charge is 2.08. The molecule has 0 aliphatic carbocycles. The maximum absolute atomic E-state index is 10.3. The lowest BCUT2D eigenvalue weighted by molar-refractivity contribution is -0.384. The zero-order valence-electron chi connectivity index (χ0n) is 6.53. The monoisotopic (exact) mass is 196 g/mol. The SMILES string of the molecule is N#CCc1cc([N+](=O)[O-])ccc1Cl. The van der Waals surface area contributed by atoms with E-state index in [0.29, 0.717) is 10.6 Å². The van der Waals surface area contributed by atoms with Crippen LogP contribution < -0.4 is 0 Å². The fraction of sp³-hybridized carbons (Fsp3) is 0.125. The summed E-state index contributed by atoms with van der Waals surface area (Å²) in [6, 6.07) is 5.93.